The highest BCUT2D eigenvalue weighted by Gasteiger charge is 2.37. The lowest BCUT2D eigenvalue weighted by Crippen LogP contribution is -2.09. The van der Waals surface area contributed by atoms with Crippen molar-refractivity contribution in [2.75, 3.05) is 11.9 Å². The van der Waals surface area contributed by atoms with E-state index >= 15 is 0 Å². The van der Waals surface area contributed by atoms with E-state index in [9.17, 15) is 0 Å². The summed E-state index contributed by atoms with van der Waals surface area (Å²) in [5.74, 6) is 3.45. The summed E-state index contributed by atoms with van der Waals surface area (Å²) < 4.78 is 0. The monoisotopic (exact) mass is 219 g/mol. The maximum Gasteiger partial charge on any atom is 0.134 e. The van der Waals surface area contributed by atoms with Gasteiger partial charge in [0.2, 0.25) is 0 Å². The van der Waals surface area contributed by atoms with Crippen LogP contribution in [0.3, 0.4) is 0 Å². The first-order valence-electron chi connectivity index (χ1n) is 6.28. The largest absolute Gasteiger partial charge is 0.370 e. The minimum atomic E-state index is 0.599. The van der Waals surface area contributed by atoms with E-state index in [0.29, 0.717) is 5.92 Å². The van der Waals surface area contributed by atoms with E-state index < -0.39 is 0 Å². The fourth-order valence-electron chi connectivity index (χ4n) is 2.20. The van der Waals surface area contributed by atoms with Crippen molar-refractivity contribution in [2.24, 2.45) is 5.92 Å². The Morgan fingerprint density at radius 1 is 1.31 bits per heavy atom. The first kappa shape index (κ1) is 11.4. The Morgan fingerprint density at radius 2 is 2.00 bits per heavy atom. The van der Waals surface area contributed by atoms with Crippen LogP contribution in [0.25, 0.3) is 0 Å². The van der Waals surface area contributed by atoms with Crippen LogP contribution in [0.1, 0.15) is 50.2 Å². The third kappa shape index (κ3) is 2.04. The highest BCUT2D eigenvalue weighted by Crippen LogP contribution is 2.45. The van der Waals surface area contributed by atoms with Crippen LogP contribution in [-0.2, 0) is 6.42 Å². The van der Waals surface area contributed by atoms with Gasteiger partial charge in [0.25, 0.3) is 0 Å². The lowest BCUT2D eigenvalue weighted by molar-refractivity contribution is 0.821. The van der Waals surface area contributed by atoms with Gasteiger partial charge in [-0.05, 0) is 32.6 Å². The molecule has 1 aromatic rings. The molecule has 1 fully saturated rings. The predicted molar refractivity (Wildman–Crippen MR) is 66.8 cm³/mol. The van der Waals surface area contributed by atoms with Gasteiger partial charge in [-0.2, -0.15) is 0 Å². The molecule has 1 saturated carbocycles. The van der Waals surface area contributed by atoms with Crippen molar-refractivity contribution in [3.05, 3.63) is 17.1 Å². The number of nitrogens with one attached hydrogen (secondary N) is 1. The molecule has 0 aromatic carbocycles. The zero-order valence-corrected chi connectivity index (χ0v) is 10.7. The van der Waals surface area contributed by atoms with Crippen LogP contribution >= 0.6 is 0 Å². The fourth-order valence-corrected chi connectivity index (χ4v) is 2.20. The summed E-state index contributed by atoms with van der Waals surface area (Å²) in [6.45, 7) is 9.55. The minimum Gasteiger partial charge on any atom is -0.370 e. The van der Waals surface area contributed by atoms with Crippen molar-refractivity contribution in [1.29, 1.82) is 0 Å². The SMILES string of the molecule is CCNc1nc(C2CC2C)nc(C)c1CC. The Morgan fingerprint density at radius 3 is 2.50 bits per heavy atom. The quantitative estimate of drug-likeness (QED) is 0.846. The Labute approximate surface area is 97.7 Å². The molecule has 2 rings (SSSR count). The van der Waals surface area contributed by atoms with Crippen molar-refractivity contribution < 1.29 is 0 Å². The molecule has 1 aliphatic rings. The molecule has 3 nitrogen and oxygen atoms in total. The summed E-state index contributed by atoms with van der Waals surface area (Å²) >= 11 is 0. The van der Waals surface area contributed by atoms with E-state index in [1.807, 2.05) is 0 Å². The van der Waals surface area contributed by atoms with E-state index in [1.165, 1.54) is 12.0 Å². The van der Waals surface area contributed by atoms with Gasteiger partial charge in [-0.3, -0.25) is 0 Å². The number of rotatable bonds is 4. The van der Waals surface area contributed by atoms with Crippen molar-refractivity contribution in [2.45, 2.75) is 46.5 Å². The third-order valence-corrected chi connectivity index (χ3v) is 3.37. The predicted octanol–water partition coefficient (Wildman–Crippen LogP) is 2.90. The van der Waals surface area contributed by atoms with Gasteiger partial charge < -0.3 is 5.32 Å². The summed E-state index contributed by atoms with van der Waals surface area (Å²) in [5, 5.41) is 3.35. The number of hydrogen-bond donors (Lipinski definition) is 1. The van der Waals surface area contributed by atoms with Crippen LogP contribution in [0.2, 0.25) is 0 Å². The molecule has 2 atom stereocenters. The molecule has 0 aliphatic heterocycles. The Hall–Kier alpha value is -1.12. The van der Waals surface area contributed by atoms with E-state index in [2.05, 4.69) is 43.0 Å². The van der Waals surface area contributed by atoms with Gasteiger partial charge in [-0.25, -0.2) is 9.97 Å². The molecule has 1 aliphatic carbocycles. The standard InChI is InChI=1S/C13H21N3/c1-5-10-9(4)15-13(11-7-8(11)3)16-12(10)14-6-2/h8,11H,5-7H2,1-4H3,(H,14,15,16). The Balaban J connectivity index is 2.35. The molecule has 0 amide bonds. The summed E-state index contributed by atoms with van der Waals surface area (Å²) in [7, 11) is 0. The smallest absolute Gasteiger partial charge is 0.134 e. The molecule has 0 spiro atoms. The molecule has 88 valence electrons. The van der Waals surface area contributed by atoms with Gasteiger partial charge in [0.05, 0.1) is 0 Å². The van der Waals surface area contributed by atoms with E-state index in [4.69, 9.17) is 0 Å². The van der Waals surface area contributed by atoms with Crippen LogP contribution in [0.4, 0.5) is 5.82 Å². The van der Waals surface area contributed by atoms with Crippen LogP contribution in [-0.4, -0.2) is 16.5 Å². The van der Waals surface area contributed by atoms with Gasteiger partial charge in [0, 0.05) is 23.7 Å². The molecule has 0 bridgehead atoms. The lowest BCUT2D eigenvalue weighted by atomic mass is 10.1. The molecule has 1 N–H and O–H groups in total. The third-order valence-electron chi connectivity index (χ3n) is 3.37. The Bertz CT molecular complexity index is 387. The molecule has 0 saturated heterocycles. The van der Waals surface area contributed by atoms with E-state index in [1.54, 1.807) is 0 Å². The van der Waals surface area contributed by atoms with Crippen molar-refractivity contribution in [3.8, 4) is 0 Å². The lowest BCUT2D eigenvalue weighted by Gasteiger charge is -2.12. The van der Waals surface area contributed by atoms with E-state index in [0.717, 1.165) is 36.2 Å². The van der Waals surface area contributed by atoms with Crippen LogP contribution < -0.4 is 5.32 Å². The summed E-state index contributed by atoms with van der Waals surface area (Å²) in [5.41, 5.74) is 2.40. The van der Waals surface area contributed by atoms with Gasteiger partial charge in [0.1, 0.15) is 11.6 Å². The second-order valence-corrected chi connectivity index (χ2v) is 4.70. The number of nitrogens with zero attached hydrogens (tertiary/aromatic N) is 2. The molecule has 0 radical (unpaired) electrons. The van der Waals surface area contributed by atoms with Gasteiger partial charge in [-0.1, -0.05) is 13.8 Å². The fraction of sp³-hybridized carbons (Fsp3) is 0.692. The van der Waals surface area contributed by atoms with Crippen molar-refractivity contribution >= 4 is 5.82 Å². The number of aromatic nitrogens is 2. The molecule has 16 heavy (non-hydrogen) atoms. The zero-order chi connectivity index (χ0) is 11.7. The zero-order valence-electron chi connectivity index (χ0n) is 10.7. The molecule has 2 unspecified atom stereocenters. The average Bonchev–Trinajstić information content (AvgIpc) is 2.95. The average molecular weight is 219 g/mol. The Kier molecular flexibility index (Phi) is 3.13. The second-order valence-electron chi connectivity index (χ2n) is 4.70. The second kappa shape index (κ2) is 4.40. The number of anilines is 1. The highest BCUT2D eigenvalue weighted by atomic mass is 15.0. The van der Waals surface area contributed by atoms with Crippen molar-refractivity contribution in [3.63, 3.8) is 0 Å². The summed E-state index contributed by atoms with van der Waals surface area (Å²) in [6, 6.07) is 0. The summed E-state index contributed by atoms with van der Waals surface area (Å²) in [4.78, 5) is 9.33. The van der Waals surface area contributed by atoms with Gasteiger partial charge >= 0.3 is 0 Å². The maximum atomic E-state index is 4.68. The topological polar surface area (TPSA) is 37.8 Å². The van der Waals surface area contributed by atoms with Gasteiger partial charge in [-0.15, -0.1) is 0 Å². The van der Waals surface area contributed by atoms with E-state index in [-0.39, 0.29) is 0 Å². The first-order valence-corrected chi connectivity index (χ1v) is 6.28. The van der Waals surface area contributed by atoms with Crippen LogP contribution in [0.5, 0.6) is 0 Å². The number of aryl methyl sites for hydroxylation is 1. The normalized spacial score (nSPS) is 23.2. The molecule has 1 aromatic heterocycles. The first-order chi connectivity index (χ1) is 7.67. The minimum absolute atomic E-state index is 0.599. The van der Waals surface area contributed by atoms with Gasteiger partial charge in [0.15, 0.2) is 0 Å². The number of hydrogen-bond acceptors (Lipinski definition) is 3. The van der Waals surface area contributed by atoms with Crippen LogP contribution in [0.15, 0.2) is 0 Å². The summed E-state index contributed by atoms with van der Waals surface area (Å²) in [6.07, 6.45) is 2.24. The van der Waals surface area contributed by atoms with Crippen molar-refractivity contribution in [1.82, 2.24) is 9.97 Å². The molecular formula is C13H21N3. The molecule has 3 heteroatoms. The maximum absolute atomic E-state index is 4.68. The van der Waals surface area contributed by atoms with Crippen LogP contribution in [0, 0.1) is 12.8 Å². The molecular weight excluding hydrogens is 198 g/mol. The molecule has 1 heterocycles. The highest BCUT2D eigenvalue weighted by molar-refractivity contribution is 5.47.